The van der Waals surface area contributed by atoms with Gasteiger partial charge in [-0.25, -0.2) is 0 Å². The third-order valence-electron chi connectivity index (χ3n) is 4.15. The highest BCUT2D eigenvalue weighted by molar-refractivity contribution is 7.99. The highest BCUT2D eigenvalue weighted by Gasteiger charge is 2.21. The van der Waals surface area contributed by atoms with E-state index in [4.69, 9.17) is 5.84 Å². The first-order valence-electron chi connectivity index (χ1n) is 7.26. The number of pyridine rings is 1. The Kier molecular flexibility index (Phi) is 4.55. The Morgan fingerprint density at radius 2 is 2.05 bits per heavy atom. The Morgan fingerprint density at radius 1 is 1.25 bits per heavy atom. The molecule has 0 aliphatic carbocycles. The lowest BCUT2D eigenvalue weighted by Crippen LogP contribution is -2.30. The van der Waals surface area contributed by atoms with E-state index in [0.717, 1.165) is 17.9 Å². The molecule has 0 spiro atoms. The van der Waals surface area contributed by atoms with Gasteiger partial charge >= 0.3 is 0 Å². The first kappa shape index (κ1) is 13.9. The lowest BCUT2D eigenvalue weighted by atomic mass is 9.90. The number of benzene rings is 1. The molecule has 2 heterocycles. The summed E-state index contributed by atoms with van der Waals surface area (Å²) in [6.07, 6.45) is 5.57. The third kappa shape index (κ3) is 2.97. The van der Waals surface area contributed by atoms with E-state index in [-0.39, 0.29) is 6.04 Å². The second kappa shape index (κ2) is 6.57. The highest BCUT2D eigenvalue weighted by atomic mass is 32.2. The summed E-state index contributed by atoms with van der Waals surface area (Å²) in [5.74, 6) is 9.18. The van der Waals surface area contributed by atoms with Crippen molar-refractivity contribution >= 4 is 22.7 Å². The van der Waals surface area contributed by atoms with Crippen LogP contribution in [0.4, 0.5) is 0 Å². The van der Waals surface area contributed by atoms with Gasteiger partial charge in [0.25, 0.3) is 0 Å². The van der Waals surface area contributed by atoms with Gasteiger partial charge in [-0.15, -0.1) is 0 Å². The van der Waals surface area contributed by atoms with E-state index in [2.05, 4.69) is 46.4 Å². The molecule has 1 aromatic heterocycles. The van der Waals surface area contributed by atoms with Gasteiger partial charge in [-0.3, -0.25) is 16.3 Å². The lowest BCUT2D eigenvalue weighted by molar-refractivity contribution is 0.375. The van der Waals surface area contributed by atoms with Crippen molar-refractivity contribution in [3.63, 3.8) is 0 Å². The van der Waals surface area contributed by atoms with E-state index in [9.17, 15) is 0 Å². The van der Waals surface area contributed by atoms with Crippen LogP contribution in [0.2, 0.25) is 0 Å². The van der Waals surface area contributed by atoms with E-state index in [1.165, 1.54) is 35.3 Å². The lowest BCUT2D eigenvalue weighted by Gasteiger charge is -2.26. The monoisotopic (exact) mass is 287 g/mol. The van der Waals surface area contributed by atoms with Crippen molar-refractivity contribution in [3.05, 3.63) is 42.1 Å². The Morgan fingerprint density at radius 3 is 2.85 bits per heavy atom. The Hall–Kier alpha value is -1.10. The van der Waals surface area contributed by atoms with E-state index < -0.39 is 0 Å². The first-order valence-corrected chi connectivity index (χ1v) is 8.41. The minimum atomic E-state index is 0.196. The minimum absolute atomic E-state index is 0.196. The Labute approximate surface area is 124 Å². The number of fused-ring (bicyclic) bond motifs is 1. The number of hydrogen-bond acceptors (Lipinski definition) is 4. The maximum absolute atomic E-state index is 5.83. The van der Waals surface area contributed by atoms with Crippen LogP contribution in [0.3, 0.4) is 0 Å². The van der Waals surface area contributed by atoms with Crippen LogP contribution < -0.4 is 11.3 Å². The maximum Gasteiger partial charge on any atom is 0.0750 e. The van der Waals surface area contributed by atoms with Crippen molar-refractivity contribution in [2.75, 3.05) is 11.5 Å². The molecule has 0 bridgehead atoms. The molecule has 3 nitrogen and oxygen atoms in total. The maximum atomic E-state index is 5.83. The number of nitrogens with one attached hydrogen (secondary N) is 1. The van der Waals surface area contributed by atoms with E-state index >= 15 is 0 Å². The number of rotatable bonds is 4. The second-order valence-corrected chi connectivity index (χ2v) is 6.66. The van der Waals surface area contributed by atoms with Crippen LogP contribution in [-0.2, 0) is 0 Å². The van der Waals surface area contributed by atoms with Crippen LogP contribution in [0.5, 0.6) is 0 Å². The fourth-order valence-electron chi connectivity index (χ4n) is 3.01. The number of para-hydroxylation sites is 1. The van der Waals surface area contributed by atoms with Crippen LogP contribution in [0.15, 0.2) is 36.5 Å². The molecule has 3 rings (SSSR count). The number of nitrogens with two attached hydrogens (primary N) is 1. The number of thioether (sulfide) groups is 1. The topological polar surface area (TPSA) is 50.9 Å². The summed E-state index contributed by atoms with van der Waals surface area (Å²) in [6, 6.07) is 10.6. The fourth-order valence-corrected chi connectivity index (χ4v) is 4.21. The second-order valence-electron chi connectivity index (χ2n) is 5.43. The van der Waals surface area contributed by atoms with Crippen LogP contribution >= 0.6 is 11.8 Å². The van der Waals surface area contributed by atoms with Gasteiger partial charge in [0.05, 0.1) is 5.52 Å². The van der Waals surface area contributed by atoms with E-state index in [0.29, 0.717) is 0 Å². The predicted octanol–water partition coefficient (Wildman–Crippen LogP) is 3.27. The molecule has 0 saturated carbocycles. The van der Waals surface area contributed by atoms with Crippen molar-refractivity contribution in [1.82, 2.24) is 10.4 Å². The molecule has 20 heavy (non-hydrogen) atoms. The molecular weight excluding hydrogens is 266 g/mol. The van der Waals surface area contributed by atoms with Crippen molar-refractivity contribution < 1.29 is 0 Å². The zero-order valence-corrected chi connectivity index (χ0v) is 12.4. The van der Waals surface area contributed by atoms with Gasteiger partial charge < -0.3 is 0 Å². The van der Waals surface area contributed by atoms with Gasteiger partial charge in [0.2, 0.25) is 0 Å². The Bertz CT molecular complexity index is 561. The van der Waals surface area contributed by atoms with Gasteiger partial charge in [0, 0.05) is 17.6 Å². The summed E-state index contributed by atoms with van der Waals surface area (Å²) in [5, 5.41) is 1.18. The van der Waals surface area contributed by atoms with Gasteiger partial charge in [-0.05, 0) is 48.3 Å². The van der Waals surface area contributed by atoms with Crippen LogP contribution in [0.1, 0.15) is 30.9 Å². The zero-order valence-electron chi connectivity index (χ0n) is 11.6. The molecule has 1 aliphatic rings. The van der Waals surface area contributed by atoms with Crippen LogP contribution in [0.25, 0.3) is 10.9 Å². The van der Waals surface area contributed by atoms with Gasteiger partial charge in [-0.2, -0.15) is 11.8 Å². The van der Waals surface area contributed by atoms with E-state index in [1.807, 2.05) is 12.3 Å². The predicted molar refractivity (Wildman–Crippen MR) is 86.5 cm³/mol. The summed E-state index contributed by atoms with van der Waals surface area (Å²) >= 11 is 2.07. The molecular formula is C16H21N3S. The van der Waals surface area contributed by atoms with Gasteiger partial charge in [0.15, 0.2) is 0 Å². The molecule has 1 aliphatic heterocycles. The van der Waals surface area contributed by atoms with Gasteiger partial charge in [-0.1, -0.05) is 24.3 Å². The van der Waals surface area contributed by atoms with Crippen LogP contribution in [-0.4, -0.2) is 16.5 Å². The molecule has 1 fully saturated rings. The number of hydrazine groups is 1. The molecule has 1 unspecified atom stereocenters. The zero-order chi connectivity index (χ0) is 13.8. The molecule has 1 aromatic carbocycles. The average Bonchev–Trinajstić information content (AvgIpc) is 2.53. The van der Waals surface area contributed by atoms with Crippen molar-refractivity contribution in [2.45, 2.75) is 25.3 Å². The largest absolute Gasteiger partial charge is 0.271 e. The molecule has 1 saturated heterocycles. The summed E-state index contributed by atoms with van der Waals surface area (Å²) in [6.45, 7) is 0. The summed E-state index contributed by atoms with van der Waals surface area (Å²) < 4.78 is 0. The smallest absolute Gasteiger partial charge is 0.0750 e. The summed E-state index contributed by atoms with van der Waals surface area (Å²) in [7, 11) is 0. The van der Waals surface area contributed by atoms with Crippen molar-refractivity contribution in [1.29, 1.82) is 0 Å². The highest BCUT2D eigenvalue weighted by Crippen LogP contribution is 2.32. The standard InChI is InChI=1S/C16H21N3S/c17-19-15(11-12-6-9-20-10-7-12)14-5-1-3-13-4-2-8-18-16(13)14/h1-5,8,12,15,19H,6-7,9-11,17H2. The number of nitrogens with zero attached hydrogens (tertiary/aromatic N) is 1. The van der Waals surface area contributed by atoms with E-state index in [1.54, 1.807) is 0 Å². The first-order chi connectivity index (χ1) is 9.88. The Balaban J connectivity index is 1.86. The molecule has 0 radical (unpaired) electrons. The summed E-state index contributed by atoms with van der Waals surface area (Å²) in [5.41, 5.74) is 5.31. The SMILES string of the molecule is NNC(CC1CCSCC1)c1cccc2cccnc12. The molecule has 0 amide bonds. The number of hydrogen-bond donors (Lipinski definition) is 2. The fraction of sp³-hybridized carbons (Fsp3) is 0.438. The van der Waals surface area contributed by atoms with Crippen molar-refractivity contribution in [3.8, 4) is 0 Å². The minimum Gasteiger partial charge on any atom is -0.271 e. The molecule has 4 heteroatoms. The molecule has 1 atom stereocenters. The normalized spacial score (nSPS) is 18.2. The molecule has 106 valence electrons. The van der Waals surface area contributed by atoms with Crippen molar-refractivity contribution in [2.24, 2.45) is 11.8 Å². The third-order valence-corrected chi connectivity index (χ3v) is 5.20. The van der Waals surface area contributed by atoms with Crippen LogP contribution in [0, 0.1) is 5.92 Å². The summed E-state index contributed by atoms with van der Waals surface area (Å²) in [4.78, 5) is 4.54. The molecule has 2 aromatic rings. The average molecular weight is 287 g/mol. The quantitative estimate of drug-likeness (QED) is 0.669. The molecule has 3 N–H and O–H groups in total. The number of aromatic nitrogens is 1. The van der Waals surface area contributed by atoms with Gasteiger partial charge in [0.1, 0.15) is 0 Å².